The Morgan fingerprint density at radius 2 is 1.30 bits per heavy atom. The third-order valence-corrected chi connectivity index (χ3v) is 13.1. The first-order chi connectivity index (χ1) is 23.7. The number of esters is 3. The minimum atomic E-state index is -1.35. The van der Waals surface area contributed by atoms with E-state index in [0.29, 0.717) is 64.6 Å². The number of carbonyl (C=O) groups is 5. The SMILES string of the molecule is CC(=O)OCCc1c(Br)c(C)c2c(c1OCC[Si](C)(C)C)C(=O)OC2.[B]C(=O)N(C)c1c(C)c2c(c(OCC[Si](C)(C)C)c1CC=O)C(=O)OC2.[CH3-].[Pd]. The van der Waals surface area contributed by atoms with Gasteiger partial charge in [-0.25, -0.2) is 9.59 Å². The summed E-state index contributed by atoms with van der Waals surface area (Å²) in [4.78, 5) is 59.9. The van der Waals surface area contributed by atoms with Gasteiger partial charge in [0.1, 0.15) is 42.1 Å². The molecule has 294 valence electrons. The minimum Gasteiger partial charge on any atom is -0.493 e. The molecule has 0 spiro atoms. The fourth-order valence-electron chi connectivity index (χ4n) is 5.69. The fourth-order valence-corrected chi connectivity index (χ4v) is 7.74. The number of cyclic esters (lactones) is 2. The number of halogens is 1. The van der Waals surface area contributed by atoms with E-state index in [4.69, 9.17) is 31.5 Å². The number of carbonyl (C=O) groups excluding carboxylic acids is 5. The molecule has 16 heteroatoms. The number of nitrogens with zero attached hydrogens (tertiary/aromatic N) is 1. The summed E-state index contributed by atoms with van der Waals surface area (Å²) in [6.45, 7) is 20.3. The summed E-state index contributed by atoms with van der Waals surface area (Å²) in [5.74, 6) is -0.885. The topological polar surface area (TPSA) is 135 Å². The molecule has 0 atom stereocenters. The maximum absolute atomic E-state index is 12.3. The van der Waals surface area contributed by atoms with Crippen molar-refractivity contribution >= 4 is 75.6 Å². The number of ether oxygens (including phenoxy) is 5. The van der Waals surface area contributed by atoms with Gasteiger partial charge in [-0.1, -0.05) is 55.2 Å². The molecule has 2 aliphatic rings. The van der Waals surface area contributed by atoms with E-state index in [1.807, 2.05) is 6.92 Å². The van der Waals surface area contributed by atoms with E-state index < -0.39 is 27.9 Å². The van der Waals surface area contributed by atoms with Crippen LogP contribution >= 0.6 is 15.9 Å². The van der Waals surface area contributed by atoms with Crippen molar-refractivity contribution in [3.63, 3.8) is 0 Å². The maximum atomic E-state index is 12.3. The number of aldehydes is 1. The van der Waals surface area contributed by atoms with Crippen LogP contribution in [0, 0.1) is 21.3 Å². The van der Waals surface area contributed by atoms with Crippen LogP contribution in [-0.4, -0.2) is 80.9 Å². The number of hydrogen-bond donors (Lipinski definition) is 0. The Kier molecular flexibility index (Phi) is 18.4. The third-order valence-electron chi connectivity index (χ3n) is 8.66. The van der Waals surface area contributed by atoms with Gasteiger partial charge < -0.3 is 40.8 Å². The van der Waals surface area contributed by atoms with Crippen LogP contribution in [0.15, 0.2) is 4.47 Å². The van der Waals surface area contributed by atoms with Crippen molar-refractivity contribution in [3.8, 4) is 11.5 Å². The van der Waals surface area contributed by atoms with Gasteiger partial charge in [0.15, 0.2) is 5.81 Å². The van der Waals surface area contributed by atoms with E-state index in [0.717, 1.165) is 39.5 Å². The predicted octanol–water partition coefficient (Wildman–Crippen LogP) is 7.55. The Balaban J connectivity index is 0.000000511. The number of amides is 1. The van der Waals surface area contributed by atoms with E-state index in [2.05, 4.69) is 55.2 Å². The van der Waals surface area contributed by atoms with Crippen molar-refractivity contribution in [3.05, 3.63) is 56.4 Å². The van der Waals surface area contributed by atoms with Gasteiger partial charge in [-0.05, 0) is 37.1 Å². The molecule has 2 aliphatic heterocycles. The second kappa shape index (κ2) is 20.2. The molecule has 0 bridgehead atoms. The zero-order valence-electron chi connectivity index (χ0n) is 32.7. The van der Waals surface area contributed by atoms with Crippen molar-refractivity contribution < 1.29 is 68.1 Å². The van der Waals surface area contributed by atoms with Gasteiger partial charge >= 0.3 is 17.9 Å². The zero-order chi connectivity index (χ0) is 38.4. The van der Waals surface area contributed by atoms with Crippen LogP contribution in [0.1, 0.15) is 61.0 Å². The van der Waals surface area contributed by atoms with E-state index in [1.54, 1.807) is 6.92 Å². The molecular weight excluding hydrogens is 872 g/mol. The summed E-state index contributed by atoms with van der Waals surface area (Å²) < 4.78 is 28.5. The summed E-state index contributed by atoms with van der Waals surface area (Å²) in [7, 11) is 4.38. The molecule has 4 rings (SSSR count). The molecule has 0 aromatic heterocycles. The number of benzene rings is 2. The summed E-state index contributed by atoms with van der Waals surface area (Å²) in [6.07, 6.45) is 1.21. The van der Waals surface area contributed by atoms with E-state index in [-0.39, 0.29) is 66.0 Å². The Hall–Kier alpha value is -2.77. The third kappa shape index (κ3) is 12.4. The van der Waals surface area contributed by atoms with Crippen LogP contribution in [0.2, 0.25) is 51.4 Å². The Morgan fingerprint density at radius 1 is 0.849 bits per heavy atom. The first-order valence-corrected chi connectivity index (χ1v) is 25.1. The van der Waals surface area contributed by atoms with Crippen LogP contribution in [0.3, 0.4) is 0 Å². The van der Waals surface area contributed by atoms with Crippen molar-refractivity contribution in [1.29, 1.82) is 0 Å². The maximum Gasteiger partial charge on any atom is 0.342 e. The van der Waals surface area contributed by atoms with Gasteiger partial charge in [-0.3, -0.25) is 9.59 Å². The smallest absolute Gasteiger partial charge is 0.342 e. The van der Waals surface area contributed by atoms with Crippen molar-refractivity contribution in [2.45, 2.75) is 98.2 Å². The molecule has 2 heterocycles. The second-order valence-electron chi connectivity index (χ2n) is 15.1. The first kappa shape index (κ1) is 48.3. The van der Waals surface area contributed by atoms with Crippen LogP contribution in [0.4, 0.5) is 10.5 Å². The molecule has 2 aromatic rings. The molecule has 0 N–H and O–H groups in total. The molecule has 0 unspecified atom stereocenters. The molecule has 11 nitrogen and oxygen atoms in total. The molecule has 2 radical (unpaired) electrons. The molecule has 0 saturated heterocycles. The van der Waals surface area contributed by atoms with E-state index >= 15 is 0 Å². The normalized spacial score (nSPS) is 12.8. The standard InChI is InChI=1S/C18H24BNO5Si.C18H25BrO5Si.CH3.Pd/c1-11-13-10-25-17(22)14(13)16(24-8-9-26(3,4)5)12(6-7-21)15(11)20(2)18(19)23;1-11-14-10-24-18(21)15(14)17(23-8-9-25(3,4)5)13(16(11)19)6-7-22-12(2)20;;/h7H,6,8-10H2,1-5H3;6-10H2,1-5H3;1H3;/q;;-1;. The van der Waals surface area contributed by atoms with Gasteiger partial charge in [0.2, 0.25) is 7.85 Å². The molecule has 0 fully saturated rings. The largest absolute Gasteiger partial charge is 0.493 e. The number of anilines is 1. The summed E-state index contributed by atoms with van der Waals surface area (Å²) in [6, 6.07) is 1.89. The Bertz CT molecular complexity index is 1710. The average molecular weight is 924 g/mol. The summed E-state index contributed by atoms with van der Waals surface area (Å²) >= 11 is 3.62. The summed E-state index contributed by atoms with van der Waals surface area (Å²) in [5, 5.41) is 0. The van der Waals surface area contributed by atoms with Crippen molar-refractivity contribution in [2.24, 2.45) is 0 Å². The molecule has 0 saturated carbocycles. The van der Waals surface area contributed by atoms with Crippen LogP contribution in [0.5, 0.6) is 11.5 Å². The molecule has 0 aliphatic carbocycles. The van der Waals surface area contributed by atoms with E-state index in [9.17, 15) is 24.0 Å². The Labute approximate surface area is 339 Å². The van der Waals surface area contributed by atoms with Crippen molar-refractivity contribution in [1.82, 2.24) is 0 Å². The van der Waals surface area contributed by atoms with Gasteiger partial charge in [0.25, 0.3) is 0 Å². The number of rotatable bonds is 14. The minimum absolute atomic E-state index is 0. The quantitative estimate of drug-likeness (QED) is 0.0615. The molecule has 53 heavy (non-hydrogen) atoms. The van der Waals surface area contributed by atoms with Crippen LogP contribution in [0.25, 0.3) is 0 Å². The first-order valence-electron chi connectivity index (χ1n) is 16.9. The fraction of sp³-hybridized carbons (Fsp3) is 0.514. The number of hydrogen-bond acceptors (Lipinski definition) is 10. The van der Waals surface area contributed by atoms with E-state index in [1.165, 1.54) is 18.9 Å². The van der Waals surface area contributed by atoms with Gasteiger partial charge in [0.05, 0.1) is 25.5 Å². The molecule has 2 aromatic carbocycles. The van der Waals surface area contributed by atoms with Gasteiger partial charge in [0, 0.05) is 90.1 Å². The van der Waals surface area contributed by atoms with Gasteiger partial charge in [-0.2, -0.15) is 0 Å². The monoisotopic (exact) mass is 922 g/mol. The second-order valence-corrected chi connectivity index (χ2v) is 27.1. The van der Waals surface area contributed by atoms with Crippen molar-refractivity contribution in [2.75, 3.05) is 31.8 Å². The Morgan fingerprint density at radius 3 is 1.72 bits per heavy atom. The molecule has 1 amide bonds. The van der Waals surface area contributed by atoms with Crippen LogP contribution in [-0.2, 0) is 70.3 Å². The number of fused-ring (bicyclic) bond motifs is 2. The average Bonchev–Trinajstić information content (AvgIpc) is 3.60. The summed E-state index contributed by atoms with van der Waals surface area (Å²) in [5.41, 5.74) is 5.94. The van der Waals surface area contributed by atoms with Gasteiger partial charge in [-0.15, -0.1) is 0 Å². The van der Waals surface area contributed by atoms with Crippen LogP contribution < -0.4 is 14.4 Å². The molecular formula is C37H52BBrNO10PdSi2-. The predicted molar refractivity (Wildman–Crippen MR) is 212 cm³/mol. The zero-order valence-corrected chi connectivity index (χ0v) is 37.9.